The molecule has 0 aliphatic carbocycles. The maximum absolute atomic E-state index is 10.9. The largest absolute Gasteiger partial charge is 0.288 e. The van der Waals surface area contributed by atoms with Crippen molar-refractivity contribution >= 4 is 16.9 Å². The van der Waals surface area contributed by atoms with Crippen LogP contribution in [0.15, 0.2) is 54.6 Å². The molecule has 0 aromatic heterocycles. The molecule has 0 atom stereocenters. The molecule has 17 heavy (non-hydrogen) atoms. The summed E-state index contributed by atoms with van der Waals surface area (Å²) >= 11 is 1.35. The maximum Gasteiger partial charge on any atom is 0.186 e. The molecule has 0 saturated heterocycles. The van der Waals surface area contributed by atoms with Gasteiger partial charge in [-0.05, 0) is 16.7 Å². The molecule has 0 spiro atoms. The fraction of sp³-hybridized carbons (Fsp3) is 0.133. The van der Waals surface area contributed by atoms with Crippen molar-refractivity contribution < 1.29 is 4.79 Å². The highest BCUT2D eigenvalue weighted by Gasteiger charge is 2.00. The van der Waals surface area contributed by atoms with Gasteiger partial charge in [0.2, 0.25) is 0 Å². The first-order valence-corrected chi connectivity index (χ1v) is 6.52. The van der Waals surface area contributed by atoms with Crippen molar-refractivity contribution in [1.29, 1.82) is 0 Å². The van der Waals surface area contributed by atoms with Gasteiger partial charge in [0.05, 0.1) is 0 Å². The maximum atomic E-state index is 10.9. The molecule has 0 bridgehead atoms. The molecule has 2 aromatic carbocycles. The van der Waals surface area contributed by atoms with Crippen molar-refractivity contribution in [2.45, 2.75) is 12.7 Å². The lowest BCUT2D eigenvalue weighted by atomic mass is 10.0. The summed E-state index contributed by atoms with van der Waals surface area (Å²) in [5.74, 6) is 0.746. The Labute approximate surface area is 106 Å². The van der Waals surface area contributed by atoms with Gasteiger partial charge in [0, 0.05) is 12.7 Å². The Morgan fingerprint density at radius 2 is 1.71 bits per heavy atom. The molecule has 86 valence electrons. The molecule has 0 saturated carbocycles. The average Bonchev–Trinajstić information content (AvgIpc) is 2.38. The van der Waals surface area contributed by atoms with Crippen molar-refractivity contribution in [3.63, 3.8) is 0 Å². The van der Waals surface area contributed by atoms with Crippen LogP contribution in [-0.2, 0) is 10.5 Å². The van der Waals surface area contributed by atoms with Gasteiger partial charge in [0.15, 0.2) is 5.12 Å². The van der Waals surface area contributed by atoms with Crippen molar-refractivity contribution in [3.8, 4) is 11.1 Å². The van der Waals surface area contributed by atoms with E-state index < -0.39 is 0 Å². The predicted molar refractivity (Wildman–Crippen MR) is 73.9 cm³/mol. The number of rotatable bonds is 3. The smallest absolute Gasteiger partial charge is 0.186 e. The van der Waals surface area contributed by atoms with Crippen molar-refractivity contribution in [1.82, 2.24) is 0 Å². The van der Waals surface area contributed by atoms with Crippen LogP contribution >= 0.6 is 11.8 Å². The highest BCUT2D eigenvalue weighted by Crippen LogP contribution is 2.22. The Morgan fingerprint density at radius 1 is 1.00 bits per heavy atom. The summed E-state index contributed by atoms with van der Waals surface area (Å²) in [5.41, 5.74) is 3.60. The van der Waals surface area contributed by atoms with Gasteiger partial charge in [0.1, 0.15) is 0 Å². The summed E-state index contributed by atoms with van der Waals surface area (Å²) in [6, 6.07) is 18.6. The Morgan fingerprint density at radius 3 is 2.41 bits per heavy atom. The minimum atomic E-state index is 0.162. The summed E-state index contributed by atoms with van der Waals surface area (Å²) in [6.45, 7) is 1.60. The first-order valence-electron chi connectivity index (χ1n) is 5.53. The van der Waals surface area contributed by atoms with E-state index in [2.05, 4.69) is 30.3 Å². The fourth-order valence-corrected chi connectivity index (χ4v) is 2.21. The van der Waals surface area contributed by atoms with Crippen LogP contribution in [0, 0.1) is 0 Å². The Hall–Kier alpha value is -1.54. The van der Waals surface area contributed by atoms with Crippen LogP contribution in [0.3, 0.4) is 0 Å². The third-order valence-corrected chi connectivity index (χ3v) is 3.36. The van der Waals surface area contributed by atoms with Gasteiger partial charge in [-0.1, -0.05) is 66.4 Å². The number of carbonyl (C=O) groups excluding carboxylic acids is 1. The quantitative estimate of drug-likeness (QED) is 0.805. The Bertz CT molecular complexity index is 505. The minimum Gasteiger partial charge on any atom is -0.288 e. The number of hydrogen-bond donors (Lipinski definition) is 0. The van der Waals surface area contributed by atoms with E-state index in [1.54, 1.807) is 6.92 Å². The SMILES string of the molecule is CC(=O)SCc1cccc(-c2ccccc2)c1. The van der Waals surface area contributed by atoms with Gasteiger partial charge >= 0.3 is 0 Å². The second kappa shape index (κ2) is 5.69. The molecule has 2 rings (SSSR count). The van der Waals surface area contributed by atoms with E-state index in [0.29, 0.717) is 0 Å². The second-order valence-electron chi connectivity index (χ2n) is 3.85. The summed E-state index contributed by atoms with van der Waals surface area (Å²) < 4.78 is 0. The lowest BCUT2D eigenvalue weighted by Gasteiger charge is -2.04. The van der Waals surface area contributed by atoms with Gasteiger partial charge < -0.3 is 0 Å². The van der Waals surface area contributed by atoms with E-state index in [0.717, 1.165) is 5.75 Å². The molecule has 0 heterocycles. The van der Waals surface area contributed by atoms with Crippen LogP contribution in [0.2, 0.25) is 0 Å². The summed E-state index contributed by atoms with van der Waals surface area (Å²) in [6.07, 6.45) is 0. The molecule has 0 aliphatic rings. The monoisotopic (exact) mass is 242 g/mol. The first kappa shape index (κ1) is 11.9. The van der Waals surface area contributed by atoms with Gasteiger partial charge in [-0.25, -0.2) is 0 Å². The van der Waals surface area contributed by atoms with Gasteiger partial charge in [-0.15, -0.1) is 0 Å². The van der Waals surface area contributed by atoms with E-state index in [9.17, 15) is 4.79 Å². The Balaban J connectivity index is 2.20. The third kappa shape index (κ3) is 3.46. The van der Waals surface area contributed by atoms with Crippen LogP contribution < -0.4 is 0 Å². The molecule has 2 heteroatoms. The van der Waals surface area contributed by atoms with Crippen LogP contribution in [0.5, 0.6) is 0 Å². The zero-order valence-electron chi connectivity index (χ0n) is 9.72. The van der Waals surface area contributed by atoms with Crippen LogP contribution in [-0.4, -0.2) is 5.12 Å². The molecule has 0 fully saturated rings. The topological polar surface area (TPSA) is 17.1 Å². The molecule has 1 nitrogen and oxygen atoms in total. The van der Waals surface area contributed by atoms with E-state index in [4.69, 9.17) is 0 Å². The highest BCUT2D eigenvalue weighted by atomic mass is 32.2. The van der Waals surface area contributed by atoms with E-state index >= 15 is 0 Å². The van der Waals surface area contributed by atoms with Crippen LogP contribution in [0.25, 0.3) is 11.1 Å². The summed E-state index contributed by atoms with van der Waals surface area (Å²) in [4.78, 5) is 10.9. The molecule has 0 radical (unpaired) electrons. The minimum absolute atomic E-state index is 0.162. The zero-order valence-corrected chi connectivity index (χ0v) is 10.5. The van der Waals surface area contributed by atoms with Crippen LogP contribution in [0.1, 0.15) is 12.5 Å². The first-order chi connectivity index (χ1) is 8.25. The summed E-state index contributed by atoms with van der Waals surface area (Å²) in [5, 5.41) is 0.162. The van der Waals surface area contributed by atoms with Gasteiger partial charge in [-0.3, -0.25) is 4.79 Å². The van der Waals surface area contributed by atoms with E-state index in [1.807, 2.05) is 24.3 Å². The Kier molecular flexibility index (Phi) is 3.99. The predicted octanol–water partition coefficient (Wildman–Crippen LogP) is 4.13. The molecular formula is C15H14OS. The standard InChI is InChI=1S/C15H14OS/c1-12(16)17-11-13-6-5-9-15(10-13)14-7-3-2-4-8-14/h2-10H,11H2,1H3. The lowest BCUT2D eigenvalue weighted by molar-refractivity contribution is -0.109. The number of benzene rings is 2. The second-order valence-corrected chi connectivity index (χ2v) is 5.00. The molecule has 2 aromatic rings. The third-order valence-electron chi connectivity index (χ3n) is 2.48. The molecule has 0 unspecified atom stereocenters. The summed E-state index contributed by atoms with van der Waals surface area (Å²) in [7, 11) is 0. The number of thioether (sulfide) groups is 1. The van der Waals surface area contributed by atoms with Gasteiger partial charge in [-0.2, -0.15) is 0 Å². The zero-order chi connectivity index (χ0) is 12.1. The number of hydrogen-bond acceptors (Lipinski definition) is 2. The molecule has 0 aliphatic heterocycles. The van der Waals surface area contributed by atoms with Crippen molar-refractivity contribution in [2.75, 3.05) is 0 Å². The lowest BCUT2D eigenvalue weighted by Crippen LogP contribution is -1.86. The van der Waals surface area contributed by atoms with Crippen molar-refractivity contribution in [3.05, 3.63) is 60.2 Å². The van der Waals surface area contributed by atoms with Crippen molar-refractivity contribution in [2.24, 2.45) is 0 Å². The highest BCUT2D eigenvalue weighted by molar-refractivity contribution is 8.12. The molecule has 0 N–H and O–H groups in total. The normalized spacial score (nSPS) is 10.2. The fourth-order valence-electron chi connectivity index (χ4n) is 1.66. The average molecular weight is 242 g/mol. The van der Waals surface area contributed by atoms with Crippen LogP contribution in [0.4, 0.5) is 0 Å². The van der Waals surface area contributed by atoms with E-state index in [1.165, 1.54) is 28.5 Å². The molecule has 0 amide bonds. The van der Waals surface area contributed by atoms with Gasteiger partial charge in [0.25, 0.3) is 0 Å². The molecular weight excluding hydrogens is 228 g/mol. The van der Waals surface area contributed by atoms with E-state index in [-0.39, 0.29) is 5.12 Å². The number of carbonyl (C=O) groups is 1.